The third-order valence-corrected chi connectivity index (χ3v) is 3.87. The SMILES string of the molecule is CCc1ccc(C(=O)Nc2ccccc2C(=O)O)s1. The molecule has 0 fully saturated rings. The molecule has 0 radical (unpaired) electrons. The minimum Gasteiger partial charge on any atom is -0.478 e. The number of para-hydroxylation sites is 1. The standard InChI is InChI=1S/C14H13NO3S/c1-2-9-7-8-12(19-9)13(16)15-11-6-4-3-5-10(11)14(17)18/h3-8H,2H2,1H3,(H,15,16)(H,17,18). The topological polar surface area (TPSA) is 66.4 Å². The smallest absolute Gasteiger partial charge is 0.337 e. The predicted molar refractivity (Wildman–Crippen MR) is 75.1 cm³/mol. The van der Waals surface area contributed by atoms with E-state index < -0.39 is 5.97 Å². The number of anilines is 1. The quantitative estimate of drug-likeness (QED) is 0.900. The molecule has 4 nitrogen and oxygen atoms in total. The van der Waals surface area contributed by atoms with Crippen molar-refractivity contribution in [2.45, 2.75) is 13.3 Å². The molecule has 0 spiro atoms. The lowest BCUT2D eigenvalue weighted by atomic mass is 10.2. The monoisotopic (exact) mass is 275 g/mol. The van der Waals surface area contributed by atoms with Crippen molar-refractivity contribution in [3.8, 4) is 0 Å². The number of aryl methyl sites for hydroxylation is 1. The lowest BCUT2D eigenvalue weighted by Crippen LogP contribution is -2.13. The number of amides is 1. The van der Waals surface area contributed by atoms with Crippen molar-refractivity contribution >= 4 is 28.9 Å². The second-order valence-corrected chi connectivity index (χ2v) is 5.09. The molecule has 0 saturated carbocycles. The lowest BCUT2D eigenvalue weighted by Gasteiger charge is -2.06. The summed E-state index contributed by atoms with van der Waals surface area (Å²) in [5.41, 5.74) is 0.398. The van der Waals surface area contributed by atoms with Gasteiger partial charge in [0.2, 0.25) is 0 Å². The maximum atomic E-state index is 12.0. The number of rotatable bonds is 4. The van der Waals surface area contributed by atoms with E-state index in [0.717, 1.165) is 11.3 Å². The molecule has 5 heteroatoms. The first-order valence-electron chi connectivity index (χ1n) is 5.84. The van der Waals surface area contributed by atoms with Crippen LogP contribution < -0.4 is 5.32 Å². The van der Waals surface area contributed by atoms with Gasteiger partial charge in [-0.25, -0.2) is 4.79 Å². The number of hydrogen-bond acceptors (Lipinski definition) is 3. The number of thiophene rings is 1. The van der Waals surface area contributed by atoms with Crippen molar-refractivity contribution in [1.82, 2.24) is 0 Å². The first kappa shape index (κ1) is 13.3. The van der Waals surface area contributed by atoms with Crippen LogP contribution in [0.4, 0.5) is 5.69 Å². The Kier molecular flexibility index (Phi) is 3.97. The van der Waals surface area contributed by atoms with Crippen LogP contribution in [-0.4, -0.2) is 17.0 Å². The molecule has 0 atom stereocenters. The van der Waals surface area contributed by atoms with Crippen LogP contribution in [0.3, 0.4) is 0 Å². The van der Waals surface area contributed by atoms with Gasteiger partial charge in [0.1, 0.15) is 0 Å². The van der Waals surface area contributed by atoms with Gasteiger partial charge >= 0.3 is 5.97 Å². The Labute approximate surface area is 114 Å². The number of carboxylic acid groups (broad SMARTS) is 1. The van der Waals surface area contributed by atoms with Crippen LogP contribution in [0.25, 0.3) is 0 Å². The number of nitrogens with one attached hydrogen (secondary N) is 1. The number of carbonyl (C=O) groups is 2. The number of aromatic carboxylic acids is 1. The highest BCUT2D eigenvalue weighted by Gasteiger charge is 2.14. The molecule has 1 amide bonds. The van der Waals surface area contributed by atoms with Gasteiger partial charge in [0.05, 0.1) is 16.1 Å². The number of carbonyl (C=O) groups excluding carboxylic acids is 1. The van der Waals surface area contributed by atoms with Crippen LogP contribution in [0.2, 0.25) is 0 Å². The van der Waals surface area contributed by atoms with Crippen LogP contribution >= 0.6 is 11.3 Å². The molecule has 0 unspecified atom stereocenters. The van der Waals surface area contributed by atoms with Crippen molar-refractivity contribution in [2.75, 3.05) is 5.32 Å². The molecule has 1 aromatic heterocycles. The maximum Gasteiger partial charge on any atom is 0.337 e. The van der Waals surface area contributed by atoms with Crippen molar-refractivity contribution in [2.24, 2.45) is 0 Å². The summed E-state index contributed by atoms with van der Waals surface area (Å²) in [6.07, 6.45) is 0.879. The fourth-order valence-electron chi connectivity index (χ4n) is 1.65. The highest BCUT2D eigenvalue weighted by Crippen LogP contribution is 2.20. The van der Waals surface area contributed by atoms with Gasteiger partial charge in [-0.2, -0.15) is 0 Å². The Bertz CT molecular complexity index is 619. The molecule has 1 heterocycles. The normalized spacial score (nSPS) is 10.2. The molecule has 98 valence electrons. The summed E-state index contributed by atoms with van der Waals surface area (Å²) in [6, 6.07) is 10.0. The summed E-state index contributed by atoms with van der Waals surface area (Å²) in [5.74, 6) is -1.34. The Morgan fingerprint density at radius 1 is 1.21 bits per heavy atom. The van der Waals surface area contributed by atoms with E-state index in [1.807, 2.05) is 13.0 Å². The van der Waals surface area contributed by atoms with E-state index in [2.05, 4.69) is 5.32 Å². The molecule has 1 aromatic carbocycles. The average Bonchev–Trinajstić information content (AvgIpc) is 2.88. The summed E-state index contributed by atoms with van der Waals surface area (Å²) < 4.78 is 0. The third kappa shape index (κ3) is 3.00. The minimum atomic E-state index is -1.06. The largest absolute Gasteiger partial charge is 0.478 e. The van der Waals surface area contributed by atoms with Crippen molar-refractivity contribution in [1.29, 1.82) is 0 Å². The third-order valence-electron chi connectivity index (χ3n) is 2.64. The molecule has 2 aromatic rings. The molecule has 0 aliphatic rings. The van der Waals surface area contributed by atoms with E-state index in [1.54, 1.807) is 24.3 Å². The highest BCUT2D eigenvalue weighted by atomic mass is 32.1. The van der Waals surface area contributed by atoms with Crippen LogP contribution in [0.15, 0.2) is 36.4 Å². The zero-order valence-corrected chi connectivity index (χ0v) is 11.2. The van der Waals surface area contributed by atoms with E-state index in [4.69, 9.17) is 5.11 Å². The number of benzene rings is 1. The van der Waals surface area contributed by atoms with Gasteiger partial charge < -0.3 is 10.4 Å². The van der Waals surface area contributed by atoms with Gasteiger partial charge in [-0.3, -0.25) is 4.79 Å². The fraction of sp³-hybridized carbons (Fsp3) is 0.143. The van der Waals surface area contributed by atoms with Gasteiger partial charge in [-0.05, 0) is 30.7 Å². The van der Waals surface area contributed by atoms with Crippen LogP contribution in [0.1, 0.15) is 31.8 Å². The van der Waals surface area contributed by atoms with Crippen molar-refractivity contribution in [3.63, 3.8) is 0 Å². The Hall–Kier alpha value is -2.14. The Morgan fingerprint density at radius 3 is 2.58 bits per heavy atom. The van der Waals surface area contributed by atoms with Crippen LogP contribution in [0, 0.1) is 0 Å². The molecular weight excluding hydrogens is 262 g/mol. The summed E-state index contributed by atoms with van der Waals surface area (Å²) in [5, 5.41) is 11.7. The Balaban J connectivity index is 2.21. The number of hydrogen-bond donors (Lipinski definition) is 2. The first-order valence-corrected chi connectivity index (χ1v) is 6.66. The van der Waals surface area contributed by atoms with E-state index in [-0.39, 0.29) is 11.5 Å². The summed E-state index contributed by atoms with van der Waals surface area (Å²) in [7, 11) is 0. The second kappa shape index (κ2) is 5.67. The van der Waals surface area contributed by atoms with Crippen LogP contribution in [0.5, 0.6) is 0 Å². The molecule has 0 aliphatic carbocycles. The van der Waals surface area contributed by atoms with E-state index in [1.165, 1.54) is 17.4 Å². The predicted octanol–water partition coefficient (Wildman–Crippen LogP) is 3.26. The van der Waals surface area contributed by atoms with E-state index in [0.29, 0.717) is 10.6 Å². The zero-order chi connectivity index (χ0) is 13.8. The van der Waals surface area contributed by atoms with Gasteiger partial charge in [0.15, 0.2) is 0 Å². The van der Waals surface area contributed by atoms with Crippen molar-refractivity contribution < 1.29 is 14.7 Å². The van der Waals surface area contributed by atoms with E-state index >= 15 is 0 Å². The number of carboxylic acids is 1. The van der Waals surface area contributed by atoms with E-state index in [9.17, 15) is 9.59 Å². The first-order chi connectivity index (χ1) is 9.11. The lowest BCUT2D eigenvalue weighted by molar-refractivity contribution is 0.0698. The molecule has 2 N–H and O–H groups in total. The maximum absolute atomic E-state index is 12.0. The molecule has 0 saturated heterocycles. The Morgan fingerprint density at radius 2 is 1.95 bits per heavy atom. The average molecular weight is 275 g/mol. The molecule has 19 heavy (non-hydrogen) atoms. The summed E-state index contributed by atoms with van der Waals surface area (Å²) in [6.45, 7) is 2.02. The van der Waals surface area contributed by atoms with Gasteiger partial charge in [0.25, 0.3) is 5.91 Å². The molecule has 0 bridgehead atoms. The molecule has 0 aliphatic heterocycles. The molecule has 2 rings (SSSR count). The van der Waals surface area contributed by atoms with Gasteiger partial charge in [-0.15, -0.1) is 11.3 Å². The highest BCUT2D eigenvalue weighted by molar-refractivity contribution is 7.14. The van der Waals surface area contributed by atoms with Crippen molar-refractivity contribution in [3.05, 3.63) is 51.7 Å². The summed E-state index contributed by atoms with van der Waals surface area (Å²) in [4.78, 5) is 24.8. The second-order valence-electron chi connectivity index (χ2n) is 3.92. The van der Waals surface area contributed by atoms with Gasteiger partial charge in [0, 0.05) is 4.88 Å². The zero-order valence-electron chi connectivity index (χ0n) is 10.3. The minimum absolute atomic E-state index is 0.0862. The van der Waals surface area contributed by atoms with Crippen LogP contribution in [-0.2, 0) is 6.42 Å². The fourth-order valence-corrected chi connectivity index (χ4v) is 2.50. The molecular formula is C14H13NO3S. The summed E-state index contributed by atoms with van der Waals surface area (Å²) >= 11 is 1.42. The van der Waals surface area contributed by atoms with Gasteiger partial charge in [-0.1, -0.05) is 19.1 Å².